The number of hydrogen-bond acceptors (Lipinski definition) is 3. The third kappa shape index (κ3) is 3.16. The molecule has 5 heteroatoms. The predicted octanol–water partition coefficient (Wildman–Crippen LogP) is 3.58. The fraction of sp³-hybridized carbons (Fsp3) is 0.0667. The first-order valence-corrected chi connectivity index (χ1v) is 6.58. The number of carbonyl (C=O) groups excluding carboxylic acids is 1. The number of carbonyl (C=O) groups is 1. The molecular formula is C15H11BrN2O2. The zero-order valence-electron chi connectivity index (χ0n) is 10.7. The van der Waals surface area contributed by atoms with E-state index in [2.05, 4.69) is 21.2 Å². The Balaban J connectivity index is 2.27. The Morgan fingerprint density at radius 3 is 2.80 bits per heavy atom. The standard InChI is InChI=1S/C15H11BrN2O2/c1-20-14-6-5-12(16)8-13(14)18-15(19)11-4-2-3-10(7-11)9-17/h2-8H,1H3,(H,18,19). The van der Waals surface area contributed by atoms with Gasteiger partial charge in [0.05, 0.1) is 24.4 Å². The van der Waals surface area contributed by atoms with Crippen molar-refractivity contribution < 1.29 is 9.53 Å². The van der Waals surface area contributed by atoms with Crippen molar-refractivity contribution >= 4 is 27.5 Å². The largest absolute Gasteiger partial charge is 0.495 e. The molecule has 4 nitrogen and oxygen atoms in total. The van der Waals surface area contributed by atoms with Crippen molar-refractivity contribution in [3.63, 3.8) is 0 Å². The Kier molecular flexibility index (Phi) is 4.38. The molecule has 0 unspecified atom stereocenters. The molecule has 20 heavy (non-hydrogen) atoms. The van der Waals surface area contributed by atoms with Crippen LogP contribution in [0.2, 0.25) is 0 Å². The number of nitriles is 1. The number of amides is 1. The number of halogens is 1. The fourth-order valence-electron chi connectivity index (χ4n) is 1.70. The lowest BCUT2D eigenvalue weighted by atomic mass is 10.1. The molecule has 0 spiro atoms. The zero-order valence-corrected chi connectivity index (χ0v) is 12.3. The van der Waals surface area contributed by atoms with Crippen LogP contribution >= 0.6 is 15.9 Å². The number of benzene rings is 2. The summed E-state index contributed by atoms with van der Waals surface area (Å²) in [6, 6.07) is 13.9. The van der Waals surface area contributed by atoms with Gasteiger partial charge in [-0.25, -0.2) is 0 Å². The number of anilines is 1. The number of methoxy groups -OCH3 is 1. The second-order valence-corrected chi connectivity index (χ2v) is 4.91. The molecular weight excluding hydrogens is 320 g/mol. The van der Waals surface area contributed by atoms with Crippen LogP contribution in [0.25, 0.3) is 0 Å². The average molecular weight is 331 g/mol. The fourth-order valence-corrected chi connectivity index (χ4v) is 2.06. The van der Waals surface area contributed by atoms with Crippen LogP contribution in [0.4, 0.5) is 5.69 Å². The smallest absolute Gasteiger partial charge is 0.255 e. The van der Waals surface area contributed by atoms with Gasteiger partial charge >= 0.3 is 0 Å². The van der Waals surface area contributed by atoms with Gasteiger partial charge < -0.3 is 10.1 Å². The monoisotopic (exact) mass is 330 g/mol. The van der Waals surface area contributed by atoms with Crippen molar-refractivity contribution in [1.82, 2.24) is 0 Å². The Hall–Kier alpha value is -2.32. The van der Waals surface area contributed by atoms with Gasteiger partial charge in [0.1, 0.15) is 5.75 Å². The predicted molar refractivity (Wildman–Crippen MR) is 79.8 cm³/mol. The van der Waals surface area contributed by atoms with Gasteiger partial charge in [0.25, 0.3) is 5.91 Å². The first kappa shape index (κ1) is 14.1. The van der Waals surface area contributed by atoms with E-state index in [1.54, 1.807) is 36.4 Å². The number of nitrogens with zero attached hydrogens (tertiary/aromatic N) is 1. The van der Waals surface area contributed by atoms with E-state index in [0.717, 1.165) is 4.47 Å². The summed E-state index contributed by atoms with van der Waals surface area (Å²) in [5.74, 6) is 0.275. The van der Waals surface area contributed by atoms with Crippen LogP contribution in [-0.4, -0.2) is 13.0 Å². The Morgan fingerprint density at radius 2 is 2.10 bits per heavy atom. The minimum absolute atomic E-state index is 0.293. The first-order valence-electron chi connectivity index (χ1n) is 5.79. The van der Waals surface area contributed by atoms with E-state index < -0.39 is 0 Å². The van der Waals surface area contributed by atoms with Crippen LogP contribution in [0, 0.1) is 11.3 Å². The van der Waals surface area contributed by atoms with Gasteiger partial charge in [0.15, 0.2) is 0 Å². The van der Waals surface area contributed by atoms with Gasteiger partial charge in [-0.15, -0.1) is 0 Å². The van der Waals surface area contributed by atoms with E-state index in [1.165, 1.54) is 7.11 Å². The molecule has 0 radical (unpaired) electrons. The summed E-state index contributed by atoms with van der Waals surface area (Å²) in [6.45, 7) is 0. The summed E-state index contributed by atoms with van der Waals surface area (Å²) in [4.78, 5) is 12.2. The molecule has 0 aliphatic carbocycles. The number of rotatable bonds is 3. The van der Waals surface area contributed by atoms with Crippen molar-refractivity contribution in [3.8, 4) is 11.8 Å². The lowest BCUT2D eigenvalue weighted by Crippen LogP contribution is -2.12. The highest BCUT2D eigenvalue weighted by molar-refractivity contribution is 9.10. The van der Waals surface area contributed by atoms with Gasteiger partial charge in [-0.3, -0.25) is 4.79 Å². The van der Waals surface area contributed by atoms with Gasteiger partial charge in [-0.2, -0.15) is 5.26 Å². The van der Waals surface area contributed by atoms with Crippen LogP contribution in [0.1, 0.15) is 15.9 Å². The third-order valence-corrected chi connectivity index (χ3v) is 3.16. The van der Waals surface area contributed by atoms with Crippen LogP contribution in [0.5, 0.6) is 5.75 Å². The summed E-state index contributed by atoms with van der Waals surface area (Å²) in [5.41, 5.74) is 1.43. The molecule has 0 heterocycles. The molecule has 0 aromatic heterocycles. The van der Waals surface area contributed by atoms with Crippen LogP contribution < -0.4 is 10.1 Å². The second kappa shape index (κ2) is 6.22. The van der Waals surface area contributed by atoms with Crippen molar-refractivity contribution in [1.29, 1.82) is 5.26 Å². The Labute approximate surface area is 125 Å². The quantitative estimate of drug-likeness (QED) is 0.935. The third-order valence-electron chi connectivity index (χ3n) is 2.66. The molecule has 0 fully saturated rings. The lowest BCUT2D eigenvalue weighted by Gasteiger charge is -2.10. The minimum atomic E-state index is -0.293. The highest BCUT2D eigenvalue weighted by Crippen LogP contribution is 2.28. The van der Waals surface area contributed by atoms with E-state index in [0.29, 0.717) is 22.6 Å². The van der Waals surface area contributed by atoms with Gasteiger partial charge in [-0.05, 0) is 36.4 Å². The molecule has 2 aromatic rings. The summed E-state index contributed by atoms with van der Waals surface area (Å²) >= 11 is 3.34. The first-order chi connectivity index (χ1) is 9.63. The van der Waals surface area contributed by atoms with Crippen molar-refractivity contribution in [2.75, 3.05) is 12.4 Å². The van der Waals surface area contributed by atoms with E-state index in [-0.39, 0.29) is 5.91 Å². The molecule has 0 saturated carbocycles. The lowest BCUT2D eigenvalue weighted by molar-refractivity contribution is 0.102. The van der Waals surface area contributed by atoms with E-state index >= 15 is 0 Å². The second-order valence-electron chi connectivity index (χ2n) is 3.99. The van der Waals surface area contributed by atoms with Crippen LogP contribution in [0.15, 0.2) is 46.9 Å². The van der Waals surface area contributed by atoms with E-state index in [9.17, 15) is 4.79 Å². The molecule has 2 aromatic carbocycles. The van der Waals surface area contributed by atoms with Crippen molar-refractivity contribution in [3.05, 3.63) is 58.1 Å². The maximum atomic E-state index is 12.2. The summed E-state index contributed by atoms with van der Waals surface area (Å²) < 4.78 is 6.03. The summed E-state index contributed by atoms with van der Waals surface area (Å²) in [6.07, 6.45) is 0. The molecule has 0 aliphatic rings. The molecule has 1 amide bonds. The van der Waals surface area contributed by atoms with E-state index in [4.69, 9.17) is 10.00 Å². The summed E-state index contributed by atoms with van der Waals surface area (Å²) in [7, 11) is 1.54. The summed E-state index contributed by atoms with van der Waals surface area (Å²) in [5, 5.41) is 11.6. The van der Waals surface area contributed by atoms with Crippen molar-refractivity contribution in [2.45, 2.75) is 0 Å². The highest BCUT2D eigenvalue weighted by atomic mass is 79.9. The van der Waals surface area contributed by atoms with Gasteiger partial charge in [-0.1, -0.05) is 22.0 Å². The van der Waals surface area contributed by atoms with Gasteiger partial charge in [0, 0.05) is 10.0 Å². The van der Waals surface area contributed by atoms with Crippen LogP contribution in [0.3, 0.4) is 0 Å². The molecule has 0 bridgehead atoms. The maximum absolute atomic E-state index is 12.2. The Morgan fingerprint density at radius 1 is 1.30 bits per heavy atom. The molecule has 2 rings (SSSR count). The Bertz CT molecular complexity index is 693. The highest BCUT2D eigenvalue weighted by Gasteiger charge is 2.10. The van der Waals surface area contributed by atoms with E-state index in [1.807, 2.05) is 12.1 Å². The molecule has 0 atom stereocenters. The zero-order chi connectivity index (χ0) is 14.5. The number of ether oxygens (including phenoxy) is 1. The minimum Gasteiger partial charge on any atom is -0.495 e. The molecule has 1 N–H and O–H groups in total. The van der Waals surface area contributed by atoms with Crippen molar-refractivity contribution in [2.24, 2.45) is 0 Å². The SMILES string of the molecule is COc1ccc(Br)cc1NC(=O)c1cccc(C#N)c1. The molecule has 0 aliphatic heterocycles. The number of hydrogen-bond donors (Lipinski definition) is 1. The number of nitrogens with one attached hydrogen (secondary N) is 1. The molecule has 0 saturated heterocycles. The normalized spacial score (nSPS) is 9.65. The topological polar surface area (TPSA) is 62.1 Å². The maximum Gasteiger partial charge on any atom is 0.255 e. The average Bonchev–Trinajstić information content (AvgIpc) is 2.47. The molecule has 100 valence electrons. The van der Waals surface area contributed by atoms with Gasteiger partial charge in [0.2, 0.25) is 0 Å². The van der Waals surface area contributed by atoms with Crippen LogP contribution in [-0.2, 0) is 0 Å².